The third-order valence-corrected chi connectivity index (χ3v) is 2.54. The van der Waals surface area contributed by atoms with Crippen molar-refractivity contribution in [2.24, 2.45) is 0 Å². The van der Waals surface area contributed by atoms with Gasteiger partial charge in [-0.15, -0.1) is 0 Å². The number of nitrogens with zero attached hydrogens (tertiary/aromatic N) is 1. The summed E-state index contributed by atoms with van der Waals surface area (Å²) >= 11 is 0. The molecule has 0 saturated carbocycles. The molecule has 0 aliphatic carbocycles. The molecule has 1 rings (SSSR count). The fraction of sp³-hybridized carbons (Fsp3) is 0.462. The Hall–Kier alpha value is -1.26. The summed E-state index contributed by atoms with van der Waals surface area (Å²) in [6.45, 7) is 2.08. The molecule has 0 radical (unpaired) electrons. The highest BCUT2D eigenvalue weighted by Gasteiger charge is 2.08. The van der Waals surface area contributed by atoms with Crippen molar-refractivity contribution < 1.29 is 13.9 Å². The first-order valence-corrected chi connectivity index (χ1v) is 5.59. The van der Waals surface area contributed by atoms with Crippen molar-refractivity contribution in [3.63, 3.8) is 0 Å². The number of carbonyl (C=O) groups is 1. The van der Waals surface area contributed by atoms with E-state index in [1.165, 1.54) is 12.1 Å². The fourth-order valence-corrected chi connectivity index (χ4v) is 1.46. The van der Waals surface area contributed by atoms with Gasteiger partial charge in [0.25, 0.3) is 0 Å². The monoisotopic (exact) mass is 239 g/mol. The minimum atomic E-state index is -0.372. The normalized spacial score (nSPS) is 10.8. The van der Waals surface area contributed by atoms with Crippen molar-refractivity contribution in [3.8, 4) is 0 Å². The van der Waals surface area contributed by atoms with Gasteiger partial charge in [-0.05, 0) is 19.2 Å². The first kappa shape index (κ1) is 13.8. The number of likely N-dealkylation sites (N-methyl/N-ethyl adjacent to an activating group) is 1. The highest BCUT2D eigenvalue weighted by atomic mass is 19.1. The van der Waals surface area contributed by atoms with Crippen molar-refractivity contribution >= 4 is 5.78 Å². The summed E-state index contributed by atoms with van der Waals surface area (Å²) in [5, 5.41) is 0. The SMILES string of the molecule is COCCN(C)CCC(=O)c1cccc(F)c1. The molecule has 94 valence electrons. The predicted octanol–water partition coefficient (Wildman–Crippen LogP) is 1.98. The first-order chi connectivity index (χ1) is 8.13. The molecule has 17 heavy (non-hydrogen) atoms. The largest absolute Gasteiger partial charge is 0.383 e. The molecular weight excluding hydrogens is 221 g/mol. The number of Topliss-reactive ketones (excluding diaryl/α,β-unsaturated/α-hetero) is 1. The van der Waals surface area contributed by atoms with E-state index in [1.807, 2.05) is 11.9 Å². The molecule has 0 bridgehead atoms. The Morgan fingerprint density at radius 2 is 2.18 bits per heavy atom. The zero-order valence-electron chi connectivity index (χ0n) is 10.3. The van der Waals surface area contributed by atoms with Crippen LogP contribution in [0.4, 0.5) is 4.39 Å². The molecule has 0 unspecified atom stereocenters. The van der Waals surface area contributed by atoms with E-state index in [0.717, 1.165) is 6.54 Å². The fourth-order valence-electron chi connectivity index (χ4n) is 1.46. The quantitative estimate of drug-likeness (QED) is 0.681. The Kier molecular flexibility index (Phi) is 5.80. The lowest BCUT2D eigenvalue weighted by Crippen LogP contribution is -2.25. The van der Waals surface area contributed by atoms with Crippen molar-refractivity contribution in [1.29, 1.82) is 0 Å². The number of ketones is 1. The van der Waals surface area contributed by atoms with E-state index in [1.54, 1.807) is 19.2 Å². The molecule has 0 saturated heterocycles. The average molecular weight is 239 g/mol. The van der Waals surface area contributed by atoms with Crippen molar-refractivity contribution in [2.75, 3.05) is 33.9 Å². The van der Waals surface area contributed by atoms with Crippen LogP contribution in [0.5, 0.6) is 0 Å². The molecule has 1 aromatic rings. The van der Waals surface area contributed by atoms with Gasteiger partial charge in [0.15, 0.2) is 5.78 Å². The molecule has 1 aromatic carbocycles. The molecule has 0 heterocycles. The Labute approximate surface area is 101 Å². The molecular formula is C13H18FNO2. The van der Waals surface area contributed by atoms with Gasteiger partial charge in [0, 0.05) is 32.2 Å². The van der Waals surface area contributed by atoms with Gasteiger partial charge >= 0.3 is 0 Å². The third kappa shape index (κ3) is 5.06. The maximum atomic E-state index is 12.9. The lowest BCUT2D eigenvalue weighted by atomic mass is 10.1. The lowest BCUT2D eigenvalue weighted by Gasteiger charge is -2.15. The molecule has 0 fully saturated rings. The molecule has 0 spiro atoms. The highest BCUT2D eigenvalue weighted by molar-refractivity contribution is 5.96. The van der Waals surface area contributed by atoms with E-state index >= 15 is 0 Å². The Morgan fingerprint density at radius 1 is 1.41 bits per heavy atom. The number of ether oxygens (including phenoxy) is 1. The molecule has 3 nitrogen and oxygen atoms in total. The van der Waals surface area contributed by atoms with Gasteiger partial charge in [0.05, 0.1) is 6.61 Å². The topological polar surface area (TPSA) is 29.5 Å². The van der Waals surface area contributed by atoms with E-state index < -0.39 is 0 Å². The number of hydrogen-bond acceptors (Lipinski definition) is 3. The maximum absolute atomic E-state index is 12.9. The molecule has 0 N–H and O–H groups in total. The lowest BCUT2D eigenvalue weighted by molar-refractivity contribution is 0.0959. The Morgan fingerprint density at radius 3 is 2.82 bits per heavy atom. The van der Waals surface area contributed by atoms with Crippen molar-refractivity contribution in [1.82, 2.24) is 4.90 Å². The molecule has 4 heteroatoms. The third-order valence-electron chi connectivity index (χ3n) is 2.54. The Bertz CT molecular complexity index is 368. The van der Waals surface area contributed by atoms with Crippen molar-refractivity contribution in [3.05, 3.63) is 35.6 Å². The second kappa shape index (κ2) is 7.14. The van der Waals surface area contributed by atoms with E-state index in [0.29, 0.717) is 25.1 Å². The molecule has 0 aliphatic rings. The maximum Gasteiger partial charge on any atom is 0.164 e. The summed E-state index contributed by atoms with van der Waals surface area (Å²) in [4.78, 5) is 13.8. The Balaban J connectivity index is 2.39. The molecule has 0 amide bonds. The summed E-state index contributed by atoms with van der Waals surface area (Å²) in [5.41, 5.74) is 0.435. The molecule has 0 aromatic heterocycles. The minimum absolute atomic E-state index is 0.0335. The number of hydrogen-bond donors (Lipinski definition) is 0. The standard InChI is InChI=1S/C13H18FNO2/c1-15(8-9-17-2)7-6-13(16)11-4-3-5-12(14)10-11/h3-5,10H,6-9H2,1-2H3. The van der Waals surface area contributed by atoms with Gasteiger partial charge < -0.3 is 9.64 Å². The zero-order chi connectivity index (χ0) is 12.7. The summed E-state index contributed by atoms with van der Waals surface area (Å²) in [7, 11) is 3.57. The highest BCUT2D eigenvalue weighted by Crippen LogP contribution is 2.06. The van der Waals surface area contributed by atoms with Crippen LogP contribution in [0.1, 0.15) is 16.8 Å². The summed E-state index contributed by atoms with van der Waals surface area (Å²) in [5.74, 6) is -0.405. The van der Waals surface area contributed by atoms with Gasteiger partial charge in [-0.25, -0.2) is 4.39 Å². The van der Waals surface area contributed by atoms with Crippen LogP contribution < -0.4 is 0 Å². The number of carbonyl (C=O) groups excluding carboxylic acids is 1. The van der Waals surface area contributed by atoms with Crippen LogP contribution >= 0.6 is 0 Å². The summed E-state index contributed by atoms with van der Waals surface area (Å²) < 4.78 is 17.9. The number of rotatable bonds is 7. The van der Waals surface area contributed by atoms with Crippen LogP contribution in [-0.4, -0.2) is 44.5 Å². The molecule has 0 aliphatic heterocycles. The second-order valence-corrected chi connectivity index (χ2v) is 3.98. The van der Waals surface area contributed by atoms with Gasteiger partial charge in [0.2, 0.25) is 0 Å². The average Bonchev–Trinajstić information content (AvgIpc) is 2.33. The van der Waals surface area contributed by atoms with Crippen LogP contribution in [0.2, 0.25) is 0 Å². The number of methoxy groups -OCH3 is 1. The van der Waals surface area contributed by atoms with Crippen molar-refractivity contribution in [2.45, 2.75) is 6.42 Å². The van der Waals surface area contributed by atoms with Crippen LogP contribution in [0.3, 0.4) is 0 Å². The van der Waals surface area contributed by atoms with Gasteiger partial charge in [-0.2, -0.15) is 0 Å². The predicted molar refractivity (Wildman–Crippen MR) is 64.7 cm³/mol. The number of halogens is 1. The van der Waals surface area contributed by atoms with Gasteiger partial charge in [-0.1, -0.05) is 12.1 Å². The van der Waals surface area contributed by atoms with Crippen LogP contribution in [-0.2, 0) is 4.74 Å². The van der Waals surface area contributed by atoms with E-state index in [2.05, 4.69) is 0 Å². The van der Waals surface area contributed by atoms with Gasteiger partial charge in [0.1, 0.15) is 5.82 Å². The van der Waals surface area contributed by atoms with Crippen LogP contribution in [0.25, 0.3) is 0 Å². The summed E-state index contributed by atoms with van der Waals surface area (Å²) in [6, 6.07) is 5.80. The first-order valence-electron chi connectivity index (χ1n) is 5.59. The van der Waals surface area contributed by atoms with Crippen LogP contribution in [0, 0.1) is 5.82 Å². The summed E-state index contributed by atoms with van der Waals surface area (Å²) in [6.07, 6.45) is 0.393. The van der Waals surface area contributed by atoms with E-state index in [-0.39, 0.29) is 11.6 Å². The molecule has 0 atom stereocenters. The van der Waals surface area contributed by atoms with E-state index in [4.69, 9.17) is 4.74 Å². The zero-order valence-corrected chi connectivity index (χ0v) is 10.3. The van der Waals surface area contributed by atoms with Gasteiger partial charge in [-0.3, -0.25) is 4.79 Å². The smallest absolute Gasteiger partial charge is 0.164 e. The van der Waals surface area contributed by atoms with E-state index in [9.17, 15) is 9.18 Å². The second-order valence-electron chi connectivity index (χ2n) is 3.98. The number of benzene rings is 1. The minimum Gasteiger partial charge on any atom is -0.383 e. The van der Waals surface area contributed by atoms with Crippen LogP contribution in [0.15, 0.2) is 24.3 Å².